The number of esters is 1. The molecule has 0 aliphatic carbocycles. The Morgan fingerprint density at radius 3 is 1.31 bits per heavy atom. The first-order valence-electron chi connectivity index (χ1n) is 29.4. The lowest BCUT2D eigenvalue weighted by Crippen LogP contribution is -3.00. The van der Waals surface area contributed by atoms with Crippen molar-refractivity contribution < 1.29 is 97.7 Å². The highest BCUT2D eigenvalue weighted by molar-refractivity contribution is 7.90. The Morgan fingerprint density at radius 2 is 0.904 bits per heavy atom. The molecule has 0 radical (unpaired) electrons. The van der Waals surface area contributed by atoms with Gasteiger partial charge in [0.1, 0.15) is 5.75 Å². The van der Waals surface area contributed by atoms with Crippen LogP contribution in [0.2, 0.25) is 0 Å². The molecule has 0 unspecified atom stereocenters. The Kier molecular flexibility index (Phi) is 26.0. The minimum Gasteiger partial charge on any atom is -1.00 e. The Morgan fingerprint density at radius 1 is 0.500 bits per heavy atom. The van der Waals surface area contributed by atoms with Gasteiger partial charge in [0.25, 0.3) is 0 Å². The van der Waals surface area contributed by atoms with Crippen LogP contribution in [0.5, 0.6) is 5.75 Å². The topological polar surface area (TPSA) is 300 Å². The molecule has 0 fully saturated rings. The Labute approximate surface area is 563 Å². The highest BCUT2D eigenvalue weighted by Crippen LogP contribution is 2.45. The summed E-state index contributed by atoms with van der Waals surface area (Å²) in [5.74, 6) is -2.17. The van der Waals surface area contributed by atoms with Gasteiger partial charge < -0.3 is 60.1 Å². The molecule has 0 aliphatic heterocycles. The van der Waals surface area contributed by atoms with Crippen LogP contribution in [0.15, 0.2) is 191 Å². The fraction of sp³-hybridized carbons (Fsp3) is 0.224. The van der Waals surface area contributed by atoms with Gasteiger partial charge in [-0.1, -0.05) is 99.1 Å². The van der Waals surface area contributed by atoms with Crippen LogP contribution in [0.25, 0.3) is 60.2 Å². The second-order valence-corrected chi connectivity index (χ2v) is 27.2. The second-order valence-electron chi connectivity index (χ2n) is 22.0. The predicted molar refractivity (Wildman–Crippen MR) is 357 cm³/mol. The third kappa shape index (κ3) is 18.1. The van der Waals surface area contributed by atoms with Crippen LogP contribution >= 0.6 is 0 Å². The van der Waals surface area contributed by atoms with Gasteiger partial charge in [0, 0.05) is 137 Å². The van der Waals surface area contributed by atoms with Crippen molar-refractivity contribution in [3.8, 4) is 5.75 Å². The number of hydrogen-bond acceptors (Lipinski definition) is 13. The third-order valence-corrected chi connectivity index (χ3v) is 19.4. The van der Waals surface area contributed by atoms with Gasteiger partial charge in [-0.05, 0) is 75.3 Å². The van der Waals surface area contributed by atoms with E-state index in [1.165, 1.54) is 66.9 Å². The lowest BCUT2D eigenvalue weighted by Gasteiger charge is -2.21. The summed E-state index contributed by atoms with van der Waals surface area (Å²) in [6.45, 7) is 21.6. The average Bonchev–Trinajstić information content (AvgIpc) is 0.707. The largest absolute Gasteiger partial charge is 1.00 e. The molecule has 2 heterocycles. The van der Waals surface area contributed by atoms with E-state index in [4.69, 9.17) is 4.74 Å². The van der Waals surface area contributed by atoms with E-state index in [0.29, 0.717) is 12.0 Å². The van der Waals surface area contributed by atoms with Crippen molar-refractivity contribution in [3.63, 3.8) is 0 Å². The van der Waals surface area contributed by atoms with Crippen LogP contribution < -0.4 is 78.8 Å². The number of hydrogen-bond donors (Lipinski definition) is 8. The van der Waals surface area contributed by atoms with Crippen molar-refractivity contribution in [2.24, 2.45) is 0 Å². The fourth-order valence-electron chi connectivity index (χ4n) is 10.3. The fourth-order valence-corrected chi connectivity index (χ4v) is 14.3. The summed E-state index contributed by atoms with van der Waals surface area (Å²) >= 11 is 0. The van der Waals surface area contributed by atoms with E-state index in [9.17, 15) is 54.5 Å². The highest BCUT2D eigenvalue weighted by Gasteiger charge is 2.31. The summed E-state index contributed by atoms with van der Waals surface area (Å²) in [5.41, 5.74) is 7.02. The predicted octanol–water partition coefficient (Wildman–Crippen LogP) is -0.413. The minimum atomic E-state index is -4.51. The zero-order chi connectivity index (χ0) is 66.7. The molecule has 0 saturated heterocycles. The molecule has 2 aromatic heterocycles. The molecule has 9 aromatic rings. The number of sulfonamides is 3. The molecule has 0 atom stereocenters. The summed E-state index contributed by atoms with van der Waals surface area (Å²) in [6.07, 6.45) is 6.58. The highest BCUT2D eigenvalue weighted by atomic mass is 79.9. The number of halogens is 2. The molecule has 7 aromatic carbocycles. The second kappa shape index (κ2) is 32.7. The van der Waals surface area contributed by atoms with Gasteiger partial charge in [0.05, 0.1) is 25.5 Å². The van der Waals surface area contributed by atoms with Gasteiger partial charge in [0.15, 0.2) is 25.5 Å². The lowest BCUT2D eigenvalue weighted by atomic mass is 9.79. The number of nitrogens with one attached hydrogen (secondary N) is 6. The Hall–Kier alpha value is -8.28. The normalized spacial score (nSPS) is 11.5. The monoisotopic (exact) mass is 1420 g/mol. The van der Waals surface area contributed by atoms with Gasteiger partial charge in [-0.25, -0.2) is 39.4 Å². The summed E-state index contributed by atoms with van der Waals surface area (Å²) in [7, 11) is -14.9. The molecular formula is C67H73BBrClN8O13S3. The van der Waals surface area contributed by atoms with Gasteiger partial charge >= 0.3 is 13.1 Å². The quantitative estimate of drug-likeness (QED) is 0.00590. The average molecular weight is 1420 g/mol. The number of rotatable bonds is 28. The minimum absolute atomic E-state index is 0. The van der Waals surface area contributed by atoms with Crippen LogP contribution in [-0.2, 0) is 62.3 Å². The summed E-state index contributed by atoms with van der Waals surface area (Å²) in [6, 6.07) is 36.5. The molecule has 0 aliphatic rings. The summed E-state index contributed by atoms with van der Waals surface area (Å²) in [4.78, 5) is 46.8. The molecule has 3 amide bonds. The molecule has 8 N–H and O–H groups in total. The Bertz CT molecular complexity index is 4670. The van der Waals surface area contributed by atoms with Gasteiger partial charge in [-0.2, -0.15) is 9.13 Å². The van der Waals surface area contributed by atoms with E-state index in [1.54, 1.807) is 6.07 Å². The van der Waals surface area contributed by atoms with E-state index in [-0.39, 0.29) is 148 Å². The molecular weight excluding hydrogens is 1350 g/mol. The maximum absolute atomic E-state index is 14.1. The number of ether oxygens (including phenoxy) is 1. The SMILES string of the molecule is C=C(C)C(=O)NCCCNS(=O)(=O)c1cc(OC(C)=O)c2ccc3c(S(=O)(=O)NCCCNC(=O)C(=C)C)cc(S(=O)(=O)NCCCNC(=O)C(=C)C)c4ccc1c2c34.C=Cc1ccc(C[n+]2cccc3c4ccc[n+](Cc5cccc(B(O)O)c5)c4ccc32)cc1.[Br-].[Cl-]. The van der Waals surface area contributed by atoms with Crippen molar-refractivity contribution in [2.45, 2.75) is 74.7 Å². The first kappa shape index (κ1) is 74.8. The number of amides is 3. The number of aromatic nitrogens is 2. The van der Waals surface area contributed by atoms with Gasteiger partial charge in [-0.15, -0.1) is 0 Å². The van der Waals surface area contributed by atoms with Crippen LogP contribution in [0, 0.1) is 0 Å². The maximum Gasteiger partial charge on any atom is 0.488 e. The van der Waals surface area contributed by atoms with Crippen molar-refractivity contribution in [1.82, 2.24) is 30.1 Å². The first-order chi connectivity index (χ1) is 43.7. The van der Waals surface area contributed by atoms with Crippen molar-refractivity contribution in [2.75, 3.05) is 39.3 Å². The molecule has 0 bridgehead atoms. The molecule has 9 rings (SSSR count). The van der Waals surface area contributed by atoms with Crippen LogP contribution in [-0.4, -0.2) is 105 Å². The van der Waals surface area contributed by atoms with E-state index in [2.05, 4.69) is 139 Å². The molecule has 94 heavy (non-hydrogen) atoms. The molecule has 0 saturated carbocycles. The van der Waals surface area contributed by atoms with Crippen molar-refractivity contribution in [3.05, 3.63) is 193 Å². The zero-order valence-corrected chi connectivity index (χ0v) is 57.0. The van der Waals surface area contributed by atoms with E-state index in [0.717, 1.165) is 42.2 Å². The molecule has 0 spiro atoms. The van der Waals surface area contributed by atoms with Crippen molar-refractivity contribution >= 4 is 127 Å². The summed E-state index contributed by atoms with van der Waals surface area (Å²) in [5, 5.41) is 29.7. The number of fused-ring (bicyclic) bond motifs is 3. The number of benzene rings is 7. The molecule has 21 nitrogen and oxygen atoms in total. The molecule has 494 valence electrons. The molecule has 27 heteroatoms. The van der Waals surface area contributed by atoms with Crippen molar-refractivity contribution in [1.29, 1.82) is 0 Å². The first-order valence-corrected chi connectivity index (χ1v) is 33.8. The number of carbonyl (C=O) groups excluding carboxylic acids is 4. The van der Waals surface area contributed by atoms with Gasteiger partial charge in [0.2, 0.25) is 58.8 Å². The Balaban J connectivity index is 0.000000336. The van der Waals surface area contributed by atoms with Crippen LogP contribution in [0.1, 0.15) is 63.6 Å². The van der Waals surface area contributed by atoms with Crippen LogP contribution in [0.4, 0.5) is 0 Å². The standard InChI is InChI=1S/C39H48N6O11S3.C28H25BN2O2.BrH.ClH/c1-23(2)37(47)40-15-8-18-43-57(50,51)32-21-31(56-26(7)46)27-11-12-29-33(58(52,53)44-19-9-16-41-38(48)24(3)4)22-34(30-14-13-28(32)35(27)36(29)30)59(54,55)45-20-10-17-42-39(49)25(5)6;1-2-21-10-12-22(13-11-21)19-30-16-4-8-25-26-9-5-17-31(28(26)15-14-27(25)30)20-23-6-3-7-24(18-23)29(32)33;;/h11-14,21-22,43-45H,1,3,5,8-10,15-20H2,2,4,6-7H3,(H,40,47)(H,41,48)(H,42,49);2-18,32-33H,1,19-20H2;2*1H/q;+2;;/p-2. The van der Waals surface area contributed by atoms with E-state index < -0.39 is 70.7 Å². The number of carbonyl (C=O) groups is 4. The number of pyridine rings is 2. The third-order valence-electron chi connectivity index (χ3n) is 14.9. The van der Waals surface area contributed by atoms with E-state index >= 15 is 0 Å². The van der Waals surface area contributed by atoms with E-state index in [1.807, 2.05) is 24.3 Å². The summed E-state index contributed by atoms with van der Waals surface area (Å²) < 4.78 is 102. The van der Waals surface area contributed by atoms with Gasteiger partial charge in [-0.3, -0.25) is 19.2 Å². The number of nitrogens with zero attached hydrogens (tertiary/aromatic N) is 2. The smallest absolute Gasteiger partial charge is 0.488 e. The van der Waals surface area contributed by atoms with Crippen LogP contribution in [0.3, 0.4) is 0 Å². The zero-order valence-electron chi connectivity index (χ0n) is 52.2. The maximum atomic E-state index is 14.1. The lowest BCUT2D eigenvalue weighted by molar-refractivity contribution is -0.664.